The van der Waals surface area contributed by atoms with Crippen LogP contribution < -0.4 is 0 Å². The van der Waals surface area contributed by atoms with Gasteiger partial charge in [-0.15, -0.1) is 0 Å². The Morgan fingerprint density at radius 1 is 1.06 bits per heavy atom. The van der Waals surface area contributed by atoms with Crippen molar-refractivity contribution >= 4 is 11.8 Å². The van der Waals surface area contributed by atoms with Gasteiger partial charge in [-0.05, 0) is 12.0 Å². The fraction of sp³-hybridized carbons (Fsp3) is 0.467. The maximum absolute atomic E-state index is 11.5. The molecule has 1 aromatic rings. The highest BCUT2D eigenvalue weighted by atomic mass is 16.5. The standard InChI is InChI=1S/C15H20O3/c1-2-3-4-8-11-14(16)15(17)18-12-13-9-6-5-7-10-13/h5-7,9-10H,2-4,8,11-12H2,1H3. The van der Waals surface area contributed by atoms with E-state index in [-0.39, 0.29) is 6.61 Å². The van der Waals surface area contributed by atoms with Gasteiger partial charge < -0.3 is 4.74 Å². The molecule has 0 aliphatic rings. The van der Waals surface area contributed by atoms with Gasteiger partial charge in [-0.2, -0.15) is 0 Å². The lowest BCUT2D eigenvalue weighted by Gasteiger charge is -2.04. The minimum Gasteiger partial charge on any atom is -0.455 e. The Bertz CT molecular complexity index is 371. The molecule has 0 heterocycles. The second-order valence-electron chi connectivity index (χ2n) is 4.30. The fourth-order valence-corrected chi connectivity index (χ4v) is 1.62. The lowest BCUT2D eigenvalue weighted by Crippen LogP contribution is -2.17. The average molecular weight is 248 g/mol. The van der Waals surface area contributed by atoms with Gasteiger partial charge in [-0.25, -0.2) is 4.79 Å². The number of esters is 1. The largest absolute Gasteiger partial charge is 0.455 e. The van der Waals surface area contributed by atoms with Crippen LogP contribution in [0.3, 0.4) is 0 Å². The number of rotatable bonds is 8. The number of benzene rings is 1. The van der Waals surface area contributed by atoms with E-state index in [9.17, 15) is 9.59 Å². The van der Waals surface area contributed by atoms with Gasteiger partial charge >= 0.3 is 5.97 Å². The number of ketones is 1. The third-order valence-electron chi connectivity index (χ3n) is 2.70. The van der Waals surface area contributed by atoms with Crippen molar-refractivity contribution in [1.29, 1.82) is 0 Å². The molecule has 0 atom stereocenters. The molecule has 0 aliphatic heterocycles. The predicted octanol–water partition coefficient (Wildman–Crippen LogP) is 3.27. The molecule has 1 aromatic carbocycles. The molecule has 0 N–H and O–H groups in total. The van der Waals surface area contributed by atoms with E-state index in [1.54, 1.807) is 0 Å². The summed E-state index contributed by atoms with van der Waals surface area (Å²) in [6, 6.07) is 9.35. The van der Waals surface area contributed by atoms with Crippen LogP contribution in [0.1, 0.15) is 44.6 Å². The zero-order valence-electron chi connectivity index (χ0n) is 10.9. The van der Waals surface area contributed by atoms with E-state index < -0.39 is 11.8 Å². The van der Waals surface area contributed by atoms with Crippen molar-refractivity contribution in [2.75, 3.05) is 0 Å². The fourth-order valence-electron chi connectivity index (χ4n) is 1.62. The van der Waals surface area contributed by atoms with Gasteiger partial charge in [0.2, 0.25) is 5.78 Å². The Hall–Kier alpha value is -1.64. The van der Waals surface area contributed by atoms with E-state index in [2.05, 4.69) is 6.92 Å². The van der Waals surface area contributed by atoms with Crippen LogP contribution in [0.2, 0.25) is 0 Å². The highest BCUT2D eigenvalue weighted by molar-refractivity contribution is 6.33. The van der Waals surface area contributed by atoms with Crippen molar-refractivity contribution in [2.24, 2.45) is 0 Å². The lowest BCUT2D eigenvalue weighted by atomic mass is 10.1. The zero-order valence-corrected chi connectivity index (χ0v) is 10.9. The van der Waals surface area contributed by atoms with Crippen LogP contribution in [-0.2, 0) is 20.9 Å². The maximum atomic E-state index is 11.5. The van der Waals surface area contributed by atoms with Gasteiger partial charge in [-0.3, -0.25) is 4.79 Å². The number of carbonyl (C=O) groups excluding carboxylic acids is 2. The molecule has 0 aromatic heterocycles. The van der Waals surface area contributed by atoms with Crippen molar-refractivity contribution in [3.8, 4) is 0 Å². The summed E-state index contributed by atoms with van der Waals surface area (Å²) in [5.74, 6) is -1.13. The zero-order chi connectivity index (χ0) is 13.2. The lowest BCUT2D eigenvalue weighted by molar-refractivity contribution is -0.154. The van der Waals surface area contributed by atoms with Crippen molar-refractivity contribution < 1.29 is 14.3 Å². The first kappa shape index (κ1) is 14.4. The normalized spacial score (nSPS) is 10.1. The molecule has 3 nitrogen and oxygen atoms in total. The van der Waals surface area contributed by atoms with Crippen molar-refractivity contribution in [1.82, 2.24) is 0 Å². The molecule has 1 rings (SSSR count). The number of Topliss-reactive ketones (excluding diaryl/α,β-unsaturated/α-hetero) is 1. The number of hydrogen-bond donors (Lipinski definition) is 0. The molecule has 0 spiro atoms. The van der Waals surface area contributed by atoms with Crippen LogP contribution in [0.25, 0.3) is 0 Å². The minimum absolute atomic E-state index is 0.167. The SMILES string of the molecule is CCCCCCC(=O)C(=O)OCc1ccccc1. The molecule has 98 valence electrons. The highest BCUT2D eigenvalue weighted by Crippen LogP contribution is 2.05. The molecule has 0 saturated carbocycles. The first-order valence-electron chi connectivity index (χ1n) is 6.48. The summed E-state index contributed by atoms with van der Waals surface area (Å²) < 4.78 is 4.96. The highest BCUT2D eigenvalue weighted by Gasteiger charge is 2.14. The van der Waals surface area contributed by atoms with Crippen molar-refractivity contribution in [2.45, 2.75) is 45.6 Å². The molecular formula is C15H20O3. The van der Waals surface area contributed by atoms with Crippen molar-refractivity contribution in [3.63, 3.8) is 0 Å². The van der Waals surface area contributed by atoms with Crippen LogP contribution in [-0.4, -0.2) is 11.8 Å². The summed E-state index contributed by atoms with van der Waals surface area (Å²) in [7, 11) is 0. The maximum Gasteiger partial charge on any atom is 0.374 e. The van der Waals surface area contributed by atoms with Gasteiger partial charge in [0, 0.05) is 6.42 Å². The number of carbonyl (C=O) groups is 2. The molecule has 0 radical (unpaired) electrons. The molecular weight excluding hydrogens is 228 g/mol. The Labute approximate surface area is 108 Å². The number of unbranched alkanes of at least 4 members (excludes halogenated alkanes) is 3. The van der Waals surface area contributed by atoms with Gasteiger partial charge in [0.05, 0.1) is 0 Å². The van der Waals surface area contributed by atoms with Gasteiger partial charge in [-0.1, -0.05) is 56.5 Å². The van der Waals surface area contributed by atoms with Gasteiger partial charge in [0.1, 0.15) is 6.61 Å². The van der Waals surface area contributed by atoms with Crippen molar-refractivity contribution in [3.05, 3.63) is 35.9 Å². The third-order valence-corrected chi connectivity index (χ3v) is 2.70. The number of hydrogen-bond acceptors (Lipinski definition) is 3. The summed E-state index contributed by atoms with van der Waals surface area (Å²) in [4.78, 5) is 22.9. The Morgan fingerprint density at radius 2 is 1.78 bits per heavy atom. The average Bonchev–Trinajstić information content (AvgIpc) is 2.42. The summed E-state index contributed by atoms with van der Waals surface area (Å²) >= 11 is 0. The van der Waals surface area contributed by atoms with E-state index in [0.29, 0.717) is 6.42 Å². The molecule has 0 saturated heterocycles. The number of ether oxygens (including phenoxy) is 1. The van der Waals surface area contributed by atoms with Gasteiger partial charge in [0.15, 0.2) is 0 Å². The van der Waals surface area contributed by atoms with Crippen LogP contribution in [0.15, 0.2) is 30.3 Å². The Balaban J connectivity index is 2.22. The summed E-state index contributed by atoms with van der Waals surface area (Å²) in [6.07, 6.45) is 4.29. The quantitative estimate of drug-likeness (QED) is 0.403. The third kappa shape index (κ3) is 5.62. The summed E-state index contributed by atoms with van der Waals surface area (Å²) in [6.45, 7) is 2.27. The molecule has 3 heteroatoms. The molecule has 0 unspecified atom stereocenters. The van der Waals surface area contributed by atoms with E-state index in [4.69, 9.17) is 4.74 Å². The second kappa shape index (κ2) is 8.45. The van der Waals surface area contributed by atoms with E-state index in [1.807, 2.05) is 30.3 Å². The van der Waals surface area contributed by atoms with E-state index in [0.717, 1.165) is 31.2 Å². The smallest absolute Gasteiger partial charge is 0.374 e. The Morgan fingerprint density at radius 3 is 2.44 bits per heavy atom. The van der Waals surface area contributed by atoms with E-state index >= 15 is 0 Å². The predicted molar refractivity (Wildman–Crippen MR) is 70.0 cm³/mol. The second-order valence-corrected chi connectivity index (χ2v) is 4.30. The summed E-state index contributed by atoms with van der Waals surface area (Å²) in [5, 5.41) is 0. The van der Waals surface area contributed by atoms with Crippen LogP contribution >= 0.6 is 0 Å². The minimum atomic E-state index is -0.713. The van der Waals surface area contributed by atoms with Gasteiger partial charge in [0.25, 0.3) is 0 Å². The molecule has 0 aliphatic carbocycles. The molecule has 0 bridgehead atoms. The van der Waals surface area contributed by atoms with E-state index in [1.165, 1.54) is 0 Å². The molecule has 0 amide bonds. The van der Waals surface area contributed by atoms with Crippen LogP contribution in [0.4, 0.5) is 0 Å². The topological polar surface area (TPSA) is 43.4 Å². The summed E-state index contributed by atoms with van der Waals surface area (Å²) in [5.41, 5.74) is 0.893. The van der Waals surface area contributed by atoms with Crippen LogP contribution in [0, 0.1) is 0 Å². The first-order chi connectivity index (χ1) is 8.74. The monoisotopic (exact) mass is 248 g/mol. The first-order valence-corrected chi connectivity index (χ1v) is 6.48. The van der Waals surface area contributed by atoms with Crippen LogP contribution in [0.5, 0.6) is 0 Å². The Kier molecular flexibility index (Phi) is 6.77. The molecule has 18 heavy (non-hydrogen) atoms. The molecule has 0 fully saturated rings.